The molecule has 124 valence electrons. The molecule has 8 heteroatoms. The molecule has 0 unspecified atom stereocenters. The van der Waals surface area contributed by atoms with Crippen LogP contribution in [0.5, 0.6) is 0 Å². The molecule has 2 N–H and O–H groups in total. The third-order valence-electron chi connectivity index (χ3n) is 3.19. The minimum Gasteiger partial charge on any atom is -0.393 e. The zero-order chi connectivity index (χ0) is 17.0. The highest BCUT2D eigenvalue weighted by Gasteiger charge is 2.13. The molecule has 0 saturated carbocycles. The van der Waals surface area contributed by atoms with Gasteiger partial charge >= 0.3 is 0 Å². The number of halogens is 1. The summed E-state index contributed by atoms with van der Waals surface area (Å²) >= 11 is 7.33. The Morgan fingerprint density at radius 1 is 1.48 bits per heavy atom. The summed E-state index contributed by atoms with van der Waals surface area (Å²) in [6, 6.07) is 5.39. The van der Waals surface area contributed by atoms with Gasteiger partial charge in [0.1, 0.15) is 5.82 Å². The molecule has 0 aliphatic carbocycles. The van der Waals surface area contributed by atoms with Gasteiger partial charge in [-0.25, -0.2) is 0 Å². The molecule has 1 aromatic heterocycles. The normalized spacial score (nSPS) is 12.2. The number of nitrogens with zero attached hydrogens (tertiary/aromatic N) is 3. The number of benzene rings is 1. The van der Waals surface area contributed by atoms with Crippen molar-refractivity contribution in [3.63, 3.8) is 0 Å². The van der Waals surface area contributed by atoms with Crippen LogP contribution in [0.3, 0.4) is 0 Å². The third-order valence-corrected chi connectivity index (χ3v) is 4.62. The van der Waals surface area contributed by atoms with Gasteiger partial charge in [0.25, 0.3) is 0 Å². The maximum Gasteiger partial charge on any atom is 0.234 e. The van der Waals surface area contributed by atoms with Gasteiger partial charge in [0.05, 0.1) is 11.9 Å². The molecule has 6 nitrogen and oxygen atoms in total. The van der Waals surface area contributed by atoms with Crippen LogP contribution in [0.1, 0.15) is 18.3 Å². The lowest BCUT2D eigenvalue weighted by atomic mass is 10.2. The number of hydrogen-bond donors (Lipinski definition) is 2. The Bertz CT molecular complexity index is 703. The van der Waals surface area contributed by atoms with Gasteiger partial charge in [-0.15, -0.1) is 10.2 Å². The van der Waals surface area contributed by atoms with Crippen LogP contribution in [0, 0.1) is 6.92 Å². The Labute approximate surface area is 144 Å². The van der Waals surface area contributed by atoms with Crippen LogP contribution in [-0.4, -0.2) is 37.6 Å². The SMILES string of the molecule is Cc1ccc(NC(=O)CSc2nnc(C[C@H](C)O)n2C)cc1Cl. The Kier molecular flexibility index (Phi) is 6.04. The van der Waals surface area contributed by atoms with Crippen molar-refractivity contribution in [1.82, 2.24) is 14.8 Å². The van der Waals surface area contributed by atoms with Crippen molar-refractivity contribution in [3.8, 4) is 0 Å². The Balaban J connectivity index is 1.91. The standard InChI is InChI=1S/C15H19ClN4O2S/c1-9-4-5-11(7-12(9)16)17-14(22)8-23-15-19-18-13(20(15)3)6-10(2)21/h4-5,7,10,21H,6,8H2,1-3H3,(H,17,22)/t10-/m0/s1. The monoisotopic (exact) mass is 354 g/mol. The molecule has 0 aliphatic rings. The number of carbonyl (C=O) groups is 1. The first-order chi connectivity index (χ1) is 10.9. The smallest absolute Gasteiger partial charge is 0.234 e. The van der Waals surface area contributed by atoms with Crippen molar-refractivity contribution in [2.45, 2.75) is 31.5 Å². The van der Waals surface area contributed by atoms with E-state index in [0.29, 0.717) is 28.1 Å². The highest BCUT2D eigenvalue weighted by molar-refractivity contribution is 7.99. The molecule has 1 heterocycles. The van der Waals surface area contributed by atoms with Crippen LogP contribution < -0.4 is 5.32 Å². The first-order valence-corrected chi connectivity index (χ1v) is 8.48. The number of aryl methyl sites for hydroxylation is 1. The summed E-state index contributed by atoms with van der Waals surface area (Å²) in [7, 11) is 1.82. The van der Waals surface area contributed by atoms with Crippen LogP contribution in [0.15, 0.2) is 23.4 Å². The predicted molar refractivity (Wildman–Crippen MR) is 91.9 cm³/mol. The van der Waals surface area contributed by atoms with E-state index in [2.05, 4.69) is 15.5 Å². The lowest BCUT2D eigenvalue weighted by Crippen LogP contribution is -2.14. The molecule has 0 saturated heterocycles. The second-order valence-electron chi connectivity index (χ2n) is 5.31. The Morgan fingerprint density at radius 2 is 2.22 bits per heavy atom. The fourth-order valence-corrected chi connectivity index (χ4v) is 2.82. The van der Waals surface area contributed by atoms with Crippen LogP contribution in [-0.2, 0) is 18.3 Å². The summed E-state index contributed by atoms with van der Waals surface area (Å²) in [4.78, 5) is 12.0. The van der Waals surface area contributed by atoms with Crippen molar-refractivity contribution in [2.75, 3.05) is 11.1 Å². The van der Waals surface area contributed by atoms with Gasteiger partial charge in [0, 0.05) is 24.2 Å². The molecule has 2 rings (SSSR count). The largest absolute Gasteiger partial charge is 0.393 e. The zero-order valence-corrected chi connectivity index (χ0v) is 14.8. The molecule has 0 radical (unpaired) electrons. The average Bonchev–Trinajstić information content (AvgIpc) is 2.81. The van der Waals surface area contributed by atoms with Crippen LogP contribution >= 0.6 is 23.4 Å². The molecule has 1 amide bonds. The summed E-state index contributed by atoms with van der Waals surface area (Å²) < 4.78 is 1.79. The minimum atomic E-state index is -0.481. The molecular weight excluding hydrogens is 336 g/mol. The van der Waals surface area contributed by atoms with Gasteiger partial charge in [-0.3, -0.25) is 4.79 Å². The molecule has 0 bridgehead atoms. The zero-order valence-electron chi connectivity index (χ0n) is 13.2. The lowest BCUT2D eigenvalue weighted by Gasteiger charge is -2.07. The fraction of sp³-hybridized carbons (Fsp3) is 0.400. The number of hydrogen-bond acceptors (Lipinski definition) is 5. The van der Waals surface area contributed by atoms with Gasteiger partial charge < -0.3 is 15.0 Å². The predicted octanol–water partition coefficient (Wildman–Crippen LogP) is 2.43. The fourth-order valence-electron chi connectivity index (χ4n) is 1.91. The second kappa shape index (κ2) is 7.81. The van der Waals surface area contributed by atoms with E-state index in [1.807, 2.05) is 26.1 Å². The van der Waals surface area contributed by atoms with E-state index in [0.717, 1.165) is 5.56 Å². The third kappa shape index (κ3) is 4.95. The summed E-state index contributed by atoms with van der Waals surface area (Å²) in [6.45, 7) is 3.60. The highest BCUT2D eigenvalue weighted by atomic mass is 35.5. The summed E-state index contributed by atoms with van der Waals surface area (Å²) in [5, 5.41) is 21.5. The lowest BCUT2D eigenvalue weighted by molar-refractivity contribution is -0.113. The molecule has 0 fully saturated rings. The number of anilines is 1. The van der Waals surface area contributed by atoms with Crippen molar-refractivity contribution < 1.29 is 9.90 Å². The van der Waals surface area contributed by atoms with E-state index in [1.54, 1.807) is 17.6 Å². The molecule has 2 aromatic rings. The van der Waals surface area contributed by atoms with Crippen LogP contribution in [0.4, 0.5) is 5.69 Å². The van der Waals surface area contributed by atoms with E-state index < -0.39 is 6.10 Å². The summed E-state index contributed by atoms with van der Waals surface area (Å²) in [6.07, 6.45) is -0.0525. The van der Waals surface area contributed by atoms with E-state index >= 15 is 0 Å². The van der Waals surface area contributed by atoms with Gasteiger partial charge in [-0.2, -0.15) is 0 Å². The number of aliphatic hydroxyl groups excluding tert-OH is 1. The van der Waals surface area contributed by atoms with Crippen molar-refractivity contribution in [1.29, 1.82) is 0 Å². The van der Waals surface area contributed by atoms with Crippen molar-refractivity contribution in [3.05, 3.63) is 34.6 Å². The molecule has 1 aromatic carbocycles. The number of thioether (sulfide) groups is 1. The molecule has 0 spiro atoms. The van der Waals surface area contributed by atoms with E-state index in [1.165, 1.54) is 11.8 Å². The average molecular weight is 355 g/mol. The number of aliphatic hydroxyl groups is 1. The number of nitrogens with one attached hydrogen (secondary N) is 1. The van der Waals surface area contributed by atoms with Crippen LogP contribution in [0.25, 0.3) is 0 Å². The van der Waals surface area contributed by atoms with Gasteiger partial charge in [0.15, 0.2) is 5.16 Å². The van der Waals surface area contributed by atoms with Crippen molar-refractivity contribution in [2.24, 2.45) is 7.05 Å². The first kappa shape index (κ1) is 17.8. The second-order valence-corrected chi connectivity index (χ2v) is 6.66. The molecule has 23 heavy (non-hydrogen) atoms. The van der Waals surface area contributed by atoms with Gasteiger partial charge in [-0.1, -0.05) is 29.4 Å². The van der Waals surface area contributed by atoms with E-state index in [9.17, 15) is 9.90 Å². The molecule has 0 aliphatic heterocycles. The minimum absolute atomic E-state index is 0.144. The first-order valence-electron chi connectivity index (χ1n) is 7.12. The van der Waals surface area contributed by atoms with Crippen LogP contribution in [0.2, 0.25) is 5.02 Å². The molecular formula is C15H19ClN4O2S. The molecule has 1 atom stereocenters. The summed E-state index contributed by atoms with van der Waals surface area (Å²) in [5.74, 6) is 0.759. The topological polar surface area (TPSA) is 80.0 Å². The Morgan fingerprint density at radius 3 is 2.87 bits per heavy atom. The van der Waals surface area contributed by atoms with Crippen molar-refractivity contribution >= 4 is 35.0 Å². The number of carbonyl (C=O) groups excluding carboxylic acids is 1. The van der Waals surface area contributed by atoms with E-state index in [-0.39, 0.29) is 11.7 Å². The Hall–Kier alpha value is -1.57. The number of rotatable bonds is 6. The highest BCUT2D eigenvalue weighted by Crippen LogP contribution is 2.21. The maximum atomic E-state index is 12.0. The maximum absolute atomic E-state index is 12.0. The number of aromatic nitrogens is 3. The van der Waals surface area contributed by atoms with Gasteiger partial charge in [0.2, 0.25) is 5.91 Å². The quantitative estimate of drug-likeness (QED) is 0.779. The summed E-state index contributed by atoms with van der Waals surface area (Å²) in [5.41, 5.74) is 1.63. The van der Waals surface area contributed by atoms with Gasteiger partial charge in [-0.05, 0) is 31.5 Å². The number of amides is 1. The van der Waals surface area contributed by atoms with E-state index in [4.69, 9.17) is 11.6 Å².